The second-order valence-corrected chi connectivity index (χ2v) is 7.88. The fraction of sp³-hybridized carbons (Fsp3) is 0.579. The van der Waals surface area contributed by atoms with Crippen LogP contribution < -0.4 is 5.32 Å². The first-order valence-corrected chi connectivity index (χ1v) is 9.72. The lowest BCUT2D eigenvalue weighted by atomic mass is 9.90. The van der Waals surface area contributed by atoms with Gasteiger partial charge in [-0.25, -0.2) is 0 Å². The van der Waals surface area contributed by atoms with Gasteiger partial charge in [0.25, 0.3) is 0 Å². The minimum Gasteiger partial charge on any atom is -0.375 e. The molecule has 0 aliphatic carbocycles. The number of rotatable bonds is 7. The van der Waals surface area contributed by atoms with Crippen LogP contribution in [0.2, 0.25) is 5.02 Å². The predicted molar refractivity (Wildman–Crippen MR) is 103 cm³/mol. The van der Waals surface area contributed by atoms with Crippen molar-refractivity contribution < 1.29 is 14.3 Å². The minimum atomic E-state index is -0.246. The molecule has 5 nitrogen and oxygen atoms in total. The number of alkyl halides is 1. The molecule has 1 aromatic rings. The first-order chi connectivity index (χ1) is 12.3. The van der Waals surface area contributed by atoms with E-state index in [9.17, 15) is 9.59 Å². The topological polar surface area (TPSA) is 58.6 Å². The third kappa shape index (κ3) is 6.45. The van der Waals surface area contributed by atoms with Crippen LogP contribution in [0.4, 0.5) is 0 Å². The molecular formula is C19H26Cl2N2O3. The molecule has 1 fully saturated rings. The Balaban J connectivity index is 2.03. The van der Waals surface area contributed by atoms with Gasteiger partial charge in [-0.05, 0) is 44.4 Å². The third-order valence-electron chi connectivity index (χ3n) is 4.52. The van der Waals surface area contributed by atoms with E-state index in [0.717, 1.165) is 18.4 Å². The molecule has 0 saturated carbocycles. The summed E-state index contributed by atoms with van der Waals surface area (Å²) in [5.41, 5.74) is 0.773. The van der Waals surface area contributed by atoms with E-state index in [2.05, 4.69) is 5.32 Å². The summed E-state index contributed by atoms with van der Waals surface area (Å²) >= 11 is 11.6. The normalized spacial score (nSPS) is 19.0. The average molecular weight is 401 g/mol. The van der Waals surface area contributed by atoms with Crippen LogP contribution in [-0.4, -0.2) is 47.9 Å². The first-order valence-electron chi connectivity index (χ1n) is 8.80. The zero-order valence-corrected chi connectivity index (χ0v) is 16.8. The van der Waals surface area contributed by atoms with Crippen molar-refractivity contribution in [2.75, 3.05) is 25.6 Å². The maximum Gasteiger partial charge on any atom is 0.234 e. The second-order valence-electron chi connectivity index (χ2n) is 7.18. The molecule has 7 heteroatoms. The van der Waals surface area contributed by atoms with Gasteiger partial charge in [0.15, 0.2) is 0 Å². The van der Waals surface area contributed by atoms with Crippen LogP contribution in [0.15, 0.2) is 24.3 Å². The van der Waals surface area contributed by atoms with Gasteiger partial charge in [-0.3, -0.25) is 9.59 Å². The van der Waals surface area contributed by atoms with Crippen LogP contribution in [0, 0.1) is 5.92 Å². The highest BCUT2D eigenvalue weighted by Gasteiger charge is 2.33. The van der Waals surface area contributed by atoms with Crippen molar-refractivity contribution in [3.63, 3.8) is 0 Å². The van der Waals surface area contributed by atoms with Crippen molar-refractivity contribution in [1.29, 1.82) is 0 Å². The van der Waals surface area contributed by atoms with Crippen molar-refractivity contribution in [3.05, 3.63) is 34.9 Å². The van der Waals surface area contributed by atoms with E-state index in [-0.39, 0.29) is 29.2 Å². The summed E-state index contributed by atoms with van der Waals surface area (Å²) in [6, 6.07) is 7.44. The lowest BCUT2D eigenvalue weighted by Crippen LogP contribution is -2.45. The van der Waals surface area contributed by atoms with Gasteiger partial charge in [0, 0.05) is 24.7 Å². The number of carbonyl (C=O) groups is 2. The number of ether oxygens (including phenoxy) is 1. The van der Waals surface area contributed by atoms with E-state index in [0.29, 0.717) is 31.3 Å². The smallest absolute Gasteiger partial charge is 0.234 e. The summed E-state index contributed by atoms with van der Waals surface area (Å²) in [6.45, 7) is 5.71. The van der Waals surface area contributed by atoms with Crippen LogP contribution in [-0.2, 0) is 20.9 Å². The van der Waals surface area contributed by atoms with Crippen LogP contribution in [0.3, 0.4) is 0 Å². The van der Waals surface area contributed by atoms with E-state index in [1.807, 2.05) is 32.0 Å². The van der Waals surface area contributed by atoms with Gasteiger partial charge >= 0.3 is 0 Å². The Bertz CT molecular complexity index is 627. The highest BCUT2D eigenvalue weighted by atomic mass is 35.5. The molecule has 0 spiro atoms. The molecule has 1 aliphatic heterocycles. The zero-order chi connectivity index (χ0) is 19.2. The van der Waals surface area contributed by atoms with Gasteiger partial charge in [-0.15, -0.1) is 11.6 Å². The van der Waals surface area contributed by atoms with Crippen molar-refractivity contribution in [2.24, 2.45) is 5.92 Å². The zero-order valence-electron chi connectivity index (χ0n) is 15.3. The van der Waals surface area contributed by atoms with E-state index in [1.54, 1.807) is 11.0 Å². The maximum absolute atomic E-state index is 13.0. The summed E-state index contributed by atoms with van der Waals surface area (Å²) in [5.74, 6) is -0.454. The van der Waals surface area contributed by atoms with Gasteiger partial charge in [-0.2, -0.15) is 0 Å². The average Bonchev–Trinajstić information content (AvgIpc) is 2.60. The van der Waals surface area contributed by atoms with Crippen molar-refractivity contribution >= 4 is 35.0 Å². The molecule has 1 heterocycles. The molecule has 2 rings (SSSR count). The predicted octanol–water partition coefficient (Wildman–Crippen LogP) is 3.23. The Hall–Kier alpha value is -1.30. The summed E-state index contributed by atoms with van der Waals surface area (Å²) in [4.78, 5) is 26.1. The van der Waals surface area contributed by atoms with Gasteiger partial charge in [0.05, 0.1) is 18.1 Å². The number of hydrogen-bond donors (Lipinski definition) is 1. The van der Waals surface area contributed by atoms with Crippen molar-refractivity contribution in [1.82, 2.24) is 10.2 Å². The molecule has 2 amide bonds. The number of benzene rings is 1. The van der Waals surface area contributed by atoms with Crippen LogP contribution in [0.1, 0.15) is 32.3 Å². The molecule has 1 atom stereocenters. The number of carbonyl (C=O) groups excluding carboxylic acids is 2. The number of hydrogen-bond acceptors (Lipinski definition) is 3. The summed E-state index contributed by atoms with van der Waals surface area (Å²) in [5, 5.41) is 3.34. The van der Waals surface area contributed by atoms with Crippen LogP contribution >= 0.6 is 23.2 Å². The Morgan fingerprint density at radius 1 is 1.38 bits per heavy atom. The Morgan fingerprint density at radius 2 is 2.15 bits per heavy atom. The summed E-state index contributed by atoms with van der Waals surface area (Å²) < 4.78 is 5.82. The van der Waals surface area contributed by atoms with Gasteiger partial charge in [0.2, 0.25) is 11.8 Å². The highest BCUT2D eigenvalue weighted by molar-refractivity contribution is 6.30. The lowest BCUT2D eigenvalue weighted by Gasteiger charge is -2.36. The summed E-state index contributed by atoms with van der Waals surface area (Å²) in [6.07, 6.45) is 1.64. The van der Waals surface area contributed by atoms with Crippen LogP contribution in [0.25, 0.3) is 0 Å². The fourth-order valence-corrected chi connectivity index (χ4v) is 3.26. The molecular weight excluding hydrogens is 375 g/mol. The molecule has 1 unspecified atom stereocenters. The highest BCUT2D eigenvalue weighted by Crippen LogP contribution is 2.28. The van der Waals surface area contributed by atoms with E-state index in [1.165, 1.54) is 0 Å². The van der Waals surface area contributed by atoms with E-state index in [4.69, 9.17) is 27.9 Å². The van der Waals surface area contributed by atoms with Crippen molar-refractivity contribution in [3.8, 4) is 0 Å². The molecule has 1 aromatic carbocycles. The summed E-state index contributed by atoms with van der Waals surface area (Å²) in [7, 11) is 0. The Kier molecular flexibility index (Phi) is 7.74. The molecule has 0 bridgehead atoms. The van der Waals surface area contributed by atoms with Gasteiger partial charge in [-0.1, -0.05) is 23.7 Å². The fourth-order valence-electron chi connectivity index (χ4n) is 2.96. The maximum atomic E-state index is 13.0. The van der Waals surface area contributed by atoms with Gasteiger partial charge < -0.3 is 15.0 Å². The number of nitrogens with zero attached hydrogens (tertiary/aromatic N) is 1. The Labute approximate surface area is 165 Å². The number of amides is 2. The van der Waals surface area contributed by atoms with Crippen LogP contribution in [0.5, 0.6) is 0 Å². The first kappa shape index (κ1) is 21.0. The second kappa shape index (κ2) is 9.58. The van der Waals surface area contributed by atoms with Gasteiger partial charge in [0.1, 0.15) is 5.88 Å². The third-order valence-corrected chi connectivity index (χ3v) is 5.00. The monoisotopic (exact) mass is 400 g/mol. The molecule has 1 aliphatic rings. The number of nitrogens with one attached hydrogen (secondary N) is 1. The largest absolute Gasteiger partial charge is 0.375 e. The lowest BCUT2D eigenvalue weighted by molar-refractivity contribution is -0.147. The molecule has 26 heavy (non-hydrogen) atoms. The SMILES string of the molecule is CC1(C)CCC(C(=O)N(CCNC(=O)CCl)Cc2cccc(Cl)c2)CO1. The number of halogens is 2. The standard InChI is InChI=1S/C19H26Cl2N2O3/c1-19(2)7-6-15(13-26-19)18(25)23(9-8-22-17(24)11-20)12-14-4-3-5-16(21)10-14/h3-5,10,15H,6-9,11-13H2,1-2H3,(H,22,24). The molecule has 0 radical (unpaired) electrons. The molecule has 1 saturated heterocycles. The van der Waals surface area contributed by atoms with Crippen molar-refractivity contribution in [2.45, 2.75) is 38.8 Å². The van der Waals surface area contributed by atoms with E-state index >= 15 is 0 Å². The molecule has 0 aromatic heterocycles. The minimum absolute atomic E-state index is 0.0422. The molecule has 1 N–H and O–H groups in total. The Morgan fingerprint density at radius 3 is 2.77 bits per heavy atom. The quantitative estimate of drug-likeness (QED) is 0.714. The van der Waals surface area contributed by atoms with E-state index < -0.39 is 0 Å². The molecule has 144 valence electrons.